The van der Waals surface area contributed by atoms with Gasteiger partial charge < -0.3 is 15.4 Å². The van der Waals surface area contributed by atoms with Gasteiger partial charge in [0.1, 0.15) is 5.00 Å². The molecule has 7 heteroatoms. The normalized spacial score (nSPS) is 15.4. The number of anilines is 1. The molecule has 1 unspecified atom stereocenters. The van der Waals surface area contributed by atoms with Crippen molar-refractivity contribution < 1.29 is 19.1 Å². The number of esters is 1. The summed E-state index contributed by atoms with van der Waals surface area (Å²) in [6.07, 6.45) is 1.06. The van der Waals surface area contributed by atoms with Crippen molar-refractivity contribution in [3.05, 3.63) is 16.0 Å². The van der Waals surface area contributed by atoms with Crippen molar-refractivity contribution in [2.75, 3.05) is 5.32 Å². The average Bonchev–Trinajstić information content (AvgIpc) is 3.24. The summed E-state index contributed by atoms with van der Waals surface area (Å²) in [7, 11) is 0. The zero-order valence-electron chi connectivity index (χ0n) is 15.6. The number of nitrogens with one attached hydrogen (secondary N) is 2. The van der Waals surface area contributed by atoms with Gasteiger partial charge in [0.25, 0.3) is 5.91 Å². The van der Waals surface area contributed by atoms with Gasteiger partial charge in [-0.25, -0.2) is 4.79 Å². The van der Waals surface area contributed by atoms with E-state index in [-0.39, 0.29) is 17.9 Å². The van der Waals surface area contributed by atoms with Crippen molar-refractivity contribution in [1.29, 1.82) is 0 Å². The number of hydrogen-bond donors (Lipinski definition) is 2. The molecule has 0 aliphatic heterocycles. The summed E-state index contributed by atoms with van der Waals surface area (Å²) in [5.74, 6) is -1.06. The zero-order valence-corrected chi connectivity index (χ0v) is 16.4. The lowest BCUT2D eigenvalue weighted by Crippen LogP contribution is -2.37. The molecule has 1 aromatic heterocycles. The quantitative estimate of drug-likeness (QED) is 0.784. The summed E-state index contributed by atoms with van der Waals surface area (Å²) in [4.78, 5) is 37.8. The third-order valence-corrected chi connectivity index (χ3v) is 5.20. The number of rotatable bonds is 5. The Balaban J connectivity index is 2.14. The number of ether oxygens (including phenoxy) is 1. The van der Waals surface area contributed by atoms with Crippen LogP contribution in [0.4, 0.5) is 5.00 Å². The molecule has 0 radical (unpaired) electrons. The second-order valence-corrected chi connectivity index (χ2v) is 8.75. The Morgan fingerprint density at radius 1 is 1.20 bits per heavy atom. The molecule has 138 valence electrons. The number of carbonyl (C=O) groups is 3. The highest BCUT2D eigenvalue weighted by Crippen LogP contribution is 2.34. The van der Waals surface area contributed by atoms with Crippen LogP contribution in [0, 0.1) is 19.3 Å². The highest BCUT2D eigenvalue weighted by Gasteiger charge is 2.30. The van der Waals surface area contributed by atoms with E-state index in [0.29, 0.717) is 10.6 Å². The monoisotopic (exact) mass is 366 g/mol. The van der Waals surface area contributed by atoms with Gasteiger partial charge in [0.05, 0.1) is 5.56 Å². The fourth-order valence-electron chi connectivity index (χ4n) is 2.07. The van der Waals surface area contributed by atoms with Crippen LogP contribution in [-0.2, 0) is 14.3 Å². The molecular weight excluding hydrogens is 340 g/mol. The van der Waals surface area contributed by atoms with Gasteiger partial charge in [0, 0.05) is 16.3 Å². The van der Waals surface area contributed by atoms with Crippen molar-refractivity contribution in [1.82, 2.24) is 5.32 Å². The number of hydrogen-bond acceptors (Lipinski definition) is 5. The lowest BCUT2D eigenvalue weighted by Gasteiger charge is -2.18. The van der Waals surface area contributed by atoms with Crippen LogP contribution >= 0.6 is 11.3 Å². The molecular formula is C18H26N2O4S. The Bertz CT molecular complexity index is 699. The van der Waals surface area contributed by atoms with Gasteiger partial charge in [0.15, 0.2) is 6.10 Å². The summed E-state index contributed by atoms with van der Waals surface area (Å²) in [6.45, 7) is 10.7. The molecule has 1 aromatic rings. The van der Waals surface area contributed by atoms with E-state index in [2.05, 4.69) is 10.6 Å². The van der Waals surface area contributed by atoms with Crippen molar-refractivity contribution in [2.24, 2.45) is 5.41 Å². The summed E-state index contributed by atoms with van der Waals surface area (Å²) in [5.41, 5.74) is 0.505. The molecule has 0 aromatic carbocycles. The highest BCUT2D eigenvalue weighted by molar-refractivity contribution is 7.16. The minimum atomic E-state index is -0.876. The molecule has 6 nitrogen and oxygen atoms in total. The third-order valence-electron chi connectivity index (χ3n) is 4.07. The van der Waals surface area contributed by atoms with E-state index in [1.54, 1.807) is 27.7 Å². The highest BCUT2D eigenvalue weighted by atomic mass is 32.1. The summed E-state index contributed by atoms with van der Waals surface area (Å²) >= 11 is 1.34. The van der Waals surface area contributed by atoms with Gasteiger partial charge in [-0.15, -0.1) is 11.3 Å². The lowest BCUT2D eigenvalue weighted by atomic mass is 9.96. The molecule has 0 spiro atoms. The maximum atomic E-state index is 12.6. The van der Waals surface area contributed by atoms with E-state index in [1.165, 1.54) is 11.3 Å². The maximum Gasteiger partial charge on any atom is 0.342 e. The van der Waals surface area contributed by atoms with E-state index in [1.807, 2.05) is 13.8 Å². The van der Waals surface area contributed by atoms with Crippen LogP contribution in [0.15, 0.2) is 0 Å². The molecule has 1 fully saturated rings. The van der Waals surface area contributed by atoms with Crippen molar-refractivity contribution in [3.8, 4) is 0 Å². The Kier molecular flexibility index (Phi) is 5.56. The first kappa shape index (κ1) is 19.4. The summed E-state index contributed by atoms with van der Waals surface area (Å²) < 4.78 is 5.33. The lowest BCUT2D eigenvalue weighted by molar-refractivity contribution is -0.129. The van der Waals surface area contributed by atoms with E-state index >= 15 is 0 Å². The average molecular weight is 366 g/mol. The molecule has 1 heterocycles. The van der Waals surface area contributed by atoms with Gasteiger partial charge in [-0.05, 0) is 39.2 Å². The number of thiophene rings is 1. The third kappa shape index (κ3) is 4.81. The minimum Gasteiger partial charge on any atom is -0.449 e. The topological polar surface area (TPSA) is 84.5 Å². The Morgan fingerprint density at radius 3 is 2.32 bits per heavy atom. The minimum absolute atomic E-state index is 0.178. The summed E-state index contributed by atoms with van der Waals surface area (Å²) in [6, 6.07) is 0.209. The number of carbonyl (C=O) groups excluding carboxylic acids is 3. The molecule has 0 saturated heterocycles. The van der Waals surface area contributed by atoms with E-state index in [0.717, 1.165) is 23.3 Å². The van der Waals surface area contributed by atoms with E-state index in [9.17, 15) is 14.4 Å². The standard InChI is InChI=1S/C18H26N2O4S/c1-9-11(3)25-15(20-17(23)18(4,5)6)13(9)16(22)24-10(2)14(21)19-12-7-8-12/h10,12H,7-8H2,1-6H3,(H,19,21)(H,20,23). The van der Waals surface area contributed by atoms with Crippen LogP contribution < -0.4 is 10.6 Å². The van der Waals surface area contributed by atoms with Crippen molar-refractivity contribution in [2.45, 2.75) is 66.5 Å². The number of amides is 2. The largest absolute Gasteiger partial charge is 0.449 e. The predicted octanol–water partition coefficient (Wildman–Crippen LogP) is 3.17. The second-order valence-electron chi connectivity index (χ2n) is 7.52. The first-order valence-corrected chi connectivity index (χ1v) is 9.25. The van der Waals surface area contributed by atoms with Gasteiger partial charge >= 0.3 is 5.97 Å². The molecule has 1 aliphatic carbocycles. The first-order valence-electron chi connectivity index (χ1n) is 8.43. The van der Waals surface area contributed by atoms with E-state index < -0.39 is 17.5 Å². The molecule has 25 heavy (non-hydrogen) atoms. The smallest absolute Gasteiger partial charge is 0.342 e. The van der Waals surface area contributed by atoms with Crippen LogP contribution in [0.25, 0.3) is 0 Å². The van der Waals surface area contributed by atoms with Crippen molar-refractivity contribution >= 4 is 34.1 Å². The van der Waals surface area contributed by atoms with Crippen LogP contribution in [0.1, 0.15) is 61.3 Å². The number of aryl methyl sites for hydroxylation is 1. The molecule has 2 rings (SSSR count). The molecule has 1 atom stereocenters. The maximum absolute atomic E-state index is 12.6. The van der Waals surface area contributed by atoms with Gasteiger partial charge in [0.2, 0.25) is 5.91 Å². The van der Waals surface area contributed by atoms with Gasteiger partial charge in [-0.3, -0.25) is 9.59 Å². The van der Waals surface area contributed by atoms with Crippen LogP contribution in [0.2, 0.25) is 0 Å². The second kappa shape index (κ2) is 7.15. The van der Waals surface area contributed by atoms with Gasteiger partial charge in [-0.1, -0.05) is 20.8 Å². The summed E-state index contributed by atoms with van der Waals surface area (Å²) in [5, 5.41) is 6.10. The predicted molar refractivity (Wildman–Crippen MR) is 97.9 cm³/mol. The van der Waals surface area contributed by atoms with Crippen LogP contribution in [0.3, 0.4) is 0 Å². The fourth-order valence-corrected chi connectivity index (χ4v) is 3.11. The fraction of sp³-hybridized carbons (Fsp3) is 0.611. The SMILES string of the molecule is Cc1sc(NC(=O)C(C)(C)C)c(C(=O)OC(C)C(=O)NC2CC2)c1C. The molecule has 2 amide bonds. The van der Waals surface area contributed by atoms with Gasteiger partial charge in [-0.2, -0.15) is 0 Å². The molecule has 0 bridgehead atoms. The Labute approximate surface area is 152 Å². The molecule has 2 N–H and O–H groups in total. The zero-order chi connectivity index (χ0) is 18.9. The first-order chi connectivity index (χ1) is 11.5. The van der Waals surface area contributed by atoms with Crippen LogP contribution in [-0.4, -0.2) is 29.9 Å². The molecule has 1 aliphatic rings. The van der Waals surface area contributed by atoms with Crippen molar-refractivity contribution in [3.63, 3.8) is 0 Å². The van der Waals surface area contributed by atoms with Crippen LogP contribution in [0.5, 0.6) is 0 Å². The Hall–Kier alpha value is -1.89. The Morgan fingerprint density at radius 2 is 1.80 bits per heavy atom. The molecule has 1 saturated carbocycles. The van der Waals surface area contributed by atoms with E-state index in [4.69, 9.17) is 4.74 Å².